The van der Waals surface area contributed by atoms with E-state index in [0.29, 0.717) is 47.7 Å². The number of para-hydroxylation sites is 1. The maximum Gasteiger partial charge on any atom is 0.290 e. The van der Waals surface area contributed by atoms with Crippen LogP contribution in [0.2, 0.25) is 0 Å². The minimum absolute atomic E-state index is 0.121. The van der Waals surface area contributed by atoms with Crippen LogP contribution in [-0.2, 0) is 0 Å². The van der Waals surface area contributed by atoms with E-state index >= 15 is 0 Å². The first-order valence-electron chi connectivity index (χ1n) is 11.4. The van der Waals surface area contributed by atoms with Crippen LogP contribution in [-0.4, -0.2) is 55.6 Å². The van der Waals surface area contributed by atoms with E-state index in [1.807, 2.05) is 25.1 Å². The molecule has 1 atom stereocenters. The van der Waals surface area contributed by atoms with E-state index in [-0.39, 0.29) is 17.1 Å². The summed E-state index contributed by atoms with van der Waals surface area (Å²) in [6.45, 7) is 9.54. The summed E-state index contributed by atoms with van der Waals surface area (Å²) in [7, 11) is 1.58. The number of hydrogen-bond acceptors (Lipinski definition) is 6. The second-order valence-electron chi connectivity index (χ2n) is 7.94. The summed E-state index contributed by atoms with van der Waals surface area (Å²) in [5.74, 6) is 1.03. The van der Waals surface area contributed by atoms with Gasteiger partial charge in [0, 0.05) is 13.1 Å². The molecule has 2 aromatic carbocycles. The number of hydrogen-bond donors (Lipinski definition) is 0. The predicted molar refractivity (Wildman–Crippen MR) is 127 cm³/mol. The number of carbonyl (C=O) groups excluding carboxylic acids is 1. The van der Waals surface area contributed by atoms with Crippen LogP contribution in [0.4, 0.5) is 0 Å². The molecule has 0 fully saturated rings. The van der Waals surface area contributed by atoms with E-state index < -0.39 is 6.04 Å². The van der Waals surface area contributed by atoms with Crippen molar-refractivity contribution in [1.29, 1.82) is 0 Å². The van der Waals surface area contributed by atoms with Crippen LogP contribution in [0, 0.1) is 0 Å². The normalized spacial score (nSPS) is 15.4. The Morgan fingerprint density at radius 1 is 1.03 bits per heavy atom. The average Bonchev–Trinajstić information content (AvgIpc) is 3.12. The molecular weight excluding hydrogens is 420 g/mol. The van der Waals surface area contributed by atoms with E-state index in [4.69, 9.17) is 13.9 Å². The number of fused-ring (bicyclic) bond motifs is 2. The van der Waals surface area contributed by atoms with Crippen LogP contribution >= 0.6 is 0 Å². The number of carbonyl (C=O) groups is 1. The third-order valence-electron chi connectivity index (χ3n) is 6.23. The molecule has 174 valence electrons. The second-order valence-corrected chi connectivity index (χ2v) is 7.94. The lowest BCUT2D eigenvalue weighted by atomic mass is 9.98. The van der Waals surface area contributed by atoms with Crippen LogP contribution in [0.3, 0.4) is 0 Å². The fourth-order valence-corrected chi connectivity index (χ4v) is 4.46. The van der Waals surface area contributed by atoms with Crippen molar-refractivity contribution >= 4 is 16.9 Å². The molecule has 0 saturated carbocycles. The number of methoxy groups -OCH3 is 1. The molecule has 3 aromatic rings. The van der Waals surface area contributed by atoms with Gasteiger partial charge in [-0.1, -0.05) is 32.0 Å². The first-order chi connectivity index (χ1) is 16.0. The van der Waals surface area contributed by atoms with E-state index in [0.717, 1.165) is 18.7 Å². The second kappa shape index (κ2) is 9.67. The first kappa shape index (κ1) is 22.9. The van der Waals surface area contributed by atoms with Gasteiger partial charge in [-0.05, 0) is 49.8 Å². The maximum atomic E-state index is 13.6. The van der Waals surface area contributed by atoms with Crippen molar-refractivity contribution in [3.05, 3.63) is 69.6 Å². The Balaban J connectivity index is 1.87. The first-order valence-corrected chi connectivity index (χ1v) is 11.4. The molecule has 0 spiro atoms. The Hall–Kier alpha value is -3.32. The molecule has 1 aromatic heterocycles. The zero-order chi connectivity index (χ0) is 23.5. The van der Waals surface area contributed by atoms with E-state index in [1.165, 1.54) is 0 Å². The Morgan fingerprint density at radius 3 is 2.48 bits per heavy atom. The standard InChI is InChI=1S/C26H30N2O5/c1-5-27(6-2)14-15-28-23(17-12-13-20(32-7-3)21(16-17)31-4)22-24(29)18-10-8-9-11-19(18)33-25(22)26(28)30/h8-13,16,23H,5-7,14-15H2,1-4H3/t23-/m1/s1. The Morgan fingerprint density at radius 2 is 1.79 bits per heavy atom. The molecule has 0 bridgehead atoms. The van der Waals surface area contributed by atoms with Gasteiger partial charge < -0.3 is 23.7 Å². The van der Waals surface area contributed by atoms with Gasteiger partial charge in [-0.25, -0.2) is 0 Å². The largest absolute Gasteiger partial charge is 0.493 e. The zero-order valence-electron chi connectivity index (χ0n) is 19.6. The van der Waals surface area contributed by atoms with Crippen molar-refractivity contribution in [1.82, 2.24) is 9.80 Å². The number of ether oxygens (including phenoxy) is 2. The summed E-state index contributed by atoms with van der Waals surface area (Å²) in [4.78, 5) is 31.1. The van der Waals surface area contributed by atoms with Crippen LogP contribution in [0.1, 0.15) is 48.5 Å². The molecule has 2 heterocycles. The Kier molecular flexibility index (Phi) is 6.70. The number of likely N-dealkylation sites (N-methyl/N-ethyl adjacent to an activating group) is 1. The minimum atomic E-state index is -0.562. The molecule has 0 aliphatic carbocycles. The molecule has 1 aliphatic rings. The highest BCUT2D eigenvalue weighted by Gasteiger charge is 2.42. The van der Waals surface area contributed by atoms with Crippen LogP contribution in [0.5, 0.6) is 11.5 Å². The van der Waals surface area contributed by atoms with Crippen LogP contribution in [0.15, 0.2) is 51.7 Å². The average molecular weight is 451 g/mol. The molecule has 7 nitrogen and oxygen atoms in total. The predicted octanol–water partition coefficient (Wildman–Crippen LogP) is 4.09. The van der Waals surface area contributed by atoms with Crippen molar-refractivity contribution in [3.8, 4) is 11.5 Å². The van der Waals surface area contributed by atoms with Crippen LogP contribution in [0.25, 0.3) is 11.0 Å². The van der Waals surface area contributed by atoms with Crippen molar-refractivity contribution in [2.45, 2.75) is 26.8 Å². The number of amides is 1. The fraction of sp³-hybridized carbons (Fsp3) is 0.385. The topological polar surface area (TPSA) is 72.2 Å². The molecule has 0 saturated heterocycles. The smallest absolute Gasteiger partial charge is 0.290 e. The lowest BCUT2D eigenvalue weighted by Crippen LogP contribution is -2.37. The molecule has 7 heteroatoms. The number of nitrogens with zero attached hydrogens (tertiary/aromatic N) is 2. The van der Waals surface area contributed by atoms with Gasteiger partial charge in [0.2, 0.25) is 5.76 Å². The molecule has 1 aliphatic heterocycles. The van der Waals surface area contributed by atoms with Gasteiger partial charge in [-0.3, -0.25) is 9.59 Å². The molecule has 0 unspecified atom stereocenters. The molecular formula is C26H30N2O5. The van der Waals surface area contributed by atoms with Gasteiger partial charge in [0.25, 0.3) is 5.91 Å². The fourth-order valence-electron chi connectivity index (χ4n) is 4.46. The van der Waals surface area contributed by atoms with Crippen molar-refractivity contribution in [2.75, 3.05) is 39.9 Å². The van der Waals surface area contributed by atoms with Gasteiger partial charge >= 0.3 is 0 Å². The molecule has 4 rings (SSSR count). The molecule has 33 heavy (non-hydrogen) atoms. The van der Waals surface area contributed by atoms with Gasteiger partial charge in [-0.2, -0.15) is 0 Å². The Labute approximate surface area is 193 Å². The van der Waals surface area contributed by atoms with Crippen LogP contribution < -0.4 is 14.9 Å². The van der Waals surface area contributed by atoms with E-state index in [9.17, 15) is 9.59 Å². The molecule has 0 N–H and O–H groups in total. The van der Waals surface area contributed by atoms with Crippen molar-refractivity contribution in [3.63, 3.8) is 0 Å². The molecule has 1 amide bonds. The zero-order valence-corrected chi connectivity index (χ0v) is 19.6. The summed E-state index contributed by atoms with van der Waals surface area (Å²) in [6.07, 6.45) is 0. The minimum Gasteiger partial charge on any atom is -0.493 e. The highest BCUT2D eigenvalue weighted by atomic mass is 16.5. The lowest BCUT2D eigenvalue weighted by molar-refractivity contribution is 0.0708. The highest BCUT2D eigenvalue weighted by molar-refractivity contribution is 5.99. The lowest BCUT2D eigenvalue weighted by Gasteiger charge is -2.28. The van der Waals surface area contributed by atoms with Gasteiger partial charge in [0.1, 0.15) is 5.58 Å². The summed E-state index contributed by atoms with van der Waals surface area (Å²) < 4.78 is 17.2. The van der Waals surface area contributed by atoms with Gasteiger partial charge in [0.15, 0.2) is 16.9 Å². The number of rotatable bonds is 9. The third kappa shape index (κ3) is 4.09. The van der Waals surface area contributed by atoms with E-state index in [1.54, 1.807) is 36.3 Å². The van der Waals surface area contributed by atoms with Crippen molar-refractivity contribution < 1.29 is 18.7 Å². The summed E-state index contributed by atoms with van der Waals surface area (Å²) in [5, 5.41) is 0.470. The SMILES string of the molecule is CCOc1ccc([C@@H]2c3c(oc4ccccc4c3=O)C(=O)N2CCN(CC)CC)cc1OC. The third-order valence-corrected chi connectivity index (χ3v) is 6.23. The monoisotopic (exact) mass is 450 g/mol. The van der Waals surface area contributed by atoms with Crippen molar-refractivity contribution in [2.24, 2.45) is 0 Å². The van der Waals surface area contributed by atoms with Gasteiger partial charge in [0.05, 0.1) is 30.7 Å². The molecule has 0 radical (unpaired) electrons. The van der Waals surface area contributed by atoms with Gasteiger partial charge in [-0.15, -0.1) is 0 Å². The maximum absolute atomic E-state index is 13.6. The highest BCUT2D eigenvalue weighted by Crippen LogP contribution is 2.40. The summed E-state index contributed by atoms with van der Waals surface area (Å²) >= 11 is 0. The van der Waals surface area contributed by atoms with E-state index in [2.05, 4.69) is 18.7 Å². The quantitative estimate of drug-likeness (QED) is 0.489. The number of benzene rings is 2. The summed E-state index contributed by atoms with van der Waals surface area (Å²) in [6, 6.07) is 12.0. The summed E-state index contributed by atoms with van der Waals surface area (Å²) in [5.41, 5.74) is 1.40. The Bertz CT molecular complexity index is 1220.